The van der Waals surface area contributed by atoms with Crippen molar-refractivity contribution in [3.05, 3.63) is 64.7 Å². The van der Waals surface area contributed by atoms with E-state index in [1.807, 2.05) is 0 Å². The third-order valence-corrected chi connectivity index (χ3v) is 7.53. The minimum absolute atomic E-state index is 0. The zero-order chi connectivity index (χ0) is 16.5. The summed E-state index contributed by atoms with van der Waals surface area (Å²) in [4.78, 5) is 0. The van der Waals surface area contributed by atoms with Gasteiger partial charge in [-0.25, -0.2) is 0 Å². The largest absolute Gasteiger partial charge is 0.147 e. The SMILES string of the molecule is CCC1=Cc2c(-c3ccc(C4CCCCC4)cc3)cccc2[CH]1[Zr].Cl.Cl. The molecular weight excluding hydrogens is 438 g/mol. The molecule has 26 heavy (non-hydrogen) atoms. The fourth-order valence-corrected chi connectivity index (χ4v) is 5.72. The topological polar surface area (TPSA) is 0 Å². The van der Waals surface area contributed by atoms with E-state index in [9.17, 15) is 0 Å². The van der Waals surface area contributed by atoms with Gasteiger partial charge in [0, 0.05) is 0 Å². The molecule has 0 heterocycles. The Balaban J connectivity index is 0.00000121. The molecule has 0 radical (unpaired) electrons. The summed E-state index contributed by atoms with van der Waals surface area (Å²) in [6, 6.07) is 16.4. The van der Waals surface area contributed by atoms with Crippen LogP contribution < -0.4 is 0 Å². The van der Waals surface area contributed by atoms with Crippen LogP contribution in [0.5, 0.6) is 0 Å². The molecule has 3 heteroatoms. The number of hydrogen-bond donors (Lipinski definition) is 0. The number of halogens is 2. The van der Waals surface area contributed by atoms with Crippen LogP contribution in [0.15, 0.2) is 48.0 Å². The average Bonchev–Trinajstić information content (AvgIpc) is 2.99. The summed E-state index contributed by atoms with van der Waals surface area (Å²) in [6.07, 6.45) is 10.6. The smallest absolute Gasteiger partial charge is 0.147 e. The van der Waals surface area contributed by atoms with E-state index in [0.29, 0.717) is 3.63 Å². The first-order chi connectivity index (χ1) is 11.8. The predicted octanol–water partition coefficient (Wildman–Crippen LogP) is 7.64. The summed E-state index contributed by atoms with van der Waals surface area (Å²) in [6.45, 7) is 2.29. The summed E-state index contributed by atoms with van der Waals surface area (Å²) >= 11 is 1.61. The number of benzene rings is 2. The van der Waals surface area contributed by atoms with Crippen LogP contribution in [0.2, 0.25) is 0 Å². The Morgan fingerprint density at radius 2 is 1.62 bits per heavy atom. The molecular formula is C23H27Cl2Zr. The maximum Gasteiger partial charge on any atom is -0.147 e. The van der Waals surface area contributed by atoms with Crippen molar-refractivity contribution in [3.63, 3.8) is 0 Å². The first kappa shape index (κ1) is 21.9. The van der Waals surface area contributed by atoms with Crippen LogP contribution >= 0.6 is 24.8 Å². The predicted molar refractivity (Wildman–Crippen MR) is 113 cm³/mol. The van der Waals surface area contributed by atoms with Crippen LogP contribution in [0, 0.1) is 0 Å². The average molecular weight is 466 g/mol. The molecule has 1 fully saturated rings. The maximum absolute atomic E-state index is 2.46. The second kappa shape index (κ2) is 9.72. The van der Waals surface area contributed by atoms with E-state index in [1.54, 1.807) is 41.4 Å². The van der Waals surface area contributed by atoms with Crippen LogP contribution in [0.3, 0.4) is 0 Å². The van der Waals surface area contributed by atoms with Gasteiger partial charge in [0.05, 0.1) is 0 Å². The molecule has 0 spiro atoms. The van der Waals surface area contributed by atoms with E-state index in [4.69, 9.17) is 0 Å². The van der Waals surface area contributed by atoms with Crippen LogP contribution in [-0.2, 0) is 24.7 Å². The van der Waals surface area contributed by atoms with E-state index >= 15 is 0 Å². The summed E-state index contributed by atoms with van der Waals surface area (Å²) in [5, 5.41) is 0. The minimum Gasteiger partial charge on any atom is -0.147 e. The van der Waals surface area contributed by atoms with Gasteiger partial charge >= 0.3 is 162 Å². The molecule has 1 unspecified atom stereocenters. The van der Waals surface area contributed by atoms with E-state index in [0.717, 1.165) is 5.92 Å². The van der Waals surface area contributed by atoms with Gasteiger partial charge in [0.2, 0.25) is 0 Å². The van der Waals surface area contributed by atoms with Crippen molar-refractivity contribution < 1.29 is 24.7 Å². The zero-order valence-corrected chi connectivity index (χ0v) is 19.4. The molecule has 2 aliphatic rings. The second-order valence-electron chi connectivity index (χ2n) is 7.27. The molecule has 0 nitrogen and oxygen atoms in total. The van der Waals surface area contributed by atoms with Crippen molar-refractivity contribution in [2.75, 3.05) is 0 Å². The van der Waals surface area contributed by atoms with Gasteiger partial charge < -0.3 is 0 Å². The molecule has 0 aromatic heterocycles. The fourth-order valence-electron chi connectivity index (χ4n) is 4.39. The summed E-state index contributed by atoms with van der Waals surface area (Å²) < 4.78 is 0.665. The molecule has 0 aliphatic heterocycles. The molecule has 2 aliphatic carbocycles. The minimum atomic E-state index is 0. The Hall–Kier alpha value is -0.357. The van der Waals surface area contributed by atoms with E-state index in [-0.39, 0.29) is 24.8 Å². The number of rotatable bonds is 3. The molecule has 2 aromatic carbocycles. The molecule has 0 amide bonds. The molecule has 0 N–H and O–H groups in total. The van der Waals surface area contributed by atoms with E-state index < -0.39 is 0 Å². The van der Waals surface area contributed by atoms with Crippen molar-refractivity contribution in [1.82, 2.24) is 0 Å². The van der Waals surface area contributed by atoms with Crippen LogP contribution in [0.4, 0.5) is 0 Å². The normalized spacial score (nSPS) is 19.1. The van der Waals surface area contributed by atoms with Gasteiger partial charge in [-0.3, -0.25) is 0 Å². The Morgan fingerprint density at radius 3 is 2.27 bits per heavy atom. The van der Waals surface area contributed by atoms with Crippen LogP contribution in [0.1, 0.15) is 71.7 Å². The molecule has 1 atom stereocenters. The quantitative estimate of drug-likeness (QED) is 0.437. The van der Waals surface area contributed by atoms with Gasteiger partial charge in [-0.15, -0.1) is 24.8 Å². The van der Waals surface area contributed by atoms with E-state index in [2.05, 4.69) is 55.5 Å². The van der Waals surface area contributed by atoms with Gasteiger partial charge in [-0.05, 0) is 0 Å². The van der Waals surface area contributed by atoms with Gasteiger partial charge in [-0.1, -0.05) is 0 Å². The Morgan fingerprint density at radius 1 is 0.923 bits per heavy atom. The van der Waals surface area contributed by atoms with Gasteiger partial charge in [0.1, 0.15) is 0 Å². The number of hydrogen-bond acceptors (Lipinski definition) is 0. The Bertz CT molecular complexity index is 758. The fraction of sp³-hybridized carbons (Fsp3) is 0.391. The molecule has 137 valence electrons. The van der Waals surface area contributed by atoms with Crippen molar-refractivity contribution in [1.29, 1.82) is 0 Å². The first-order valence-corrected chi connectivity index (χ1v) is 10.8. The van der Waals surface area contributed by atoms with Crippen molar-refractivity contribution >= 4 is 30.9 Å². The first-order valence-electron chi connectivity index (χ1n) is 9.42. The van der Waals surface area contributed by atoms with Gasteiger partial charge in [-0.2, -0.15) is 0 Å². The molecule has 4 rings (SSSR count). The van der Waals surface area contributed by atoms with Crippen molar-refractivity contribution in [2.24, 2.45) is 0 Å². The van der Waals surface area contributed by atoms with Gasteiger partial charge in [0.25, 0.3) is 0 Å². The number of allylic oxidation sites excluding steroid dienone is 1. The van der Waals surface area contributed by atoms with Gasteiger partial charge in [0.15, 0.2) is 0 Å². The summed E-state index contributed by atoms with van der Waals surface area (Å²) in [7, 11) is 0. The summed E-state index contributed by atoms with van der Waals surface area (Å²) in [5.74, 6) is 0.796. The van der Waals surface area contributed by atoms with Crippen molar-refractivity contribution in [3.8, 4) is 11.1 Å². The molecule has 0 bridgehead atoms. The molecule has 0 saturated heterocycles. The maximum atomic E-state index is 2.46. The monoisotopic (exact) mass is 463 g/mol. The van der Waals surface area contributed by atoms with E-state index in [1.165, 1.54) is 55.2 Å². The Labute approximate surface area is 185 Å². The zero-order valence-electron chi connectivity index (χ0n) is 15.3. The third-order valence-electron chi connectivity index (χ3n) is 5.86. The number of fused-ring (bicyclic) bond motifs is 1. The third kappa shape index (κ3) is 4.21. The van der Waals surface area contributed by atoms with Crippen LogP contribution in [0.25, 0.3) is 17.2 Å². The second-order valence-corrected chi connectivity index (χ2v) is 8.69. The molecule has 1 saturated carbocycles. The van der Waals surface area contributed by atoms with Crippen molar-refractivity contribution in [2.45, 2.75) is 55.0 Å². The Kier molecular flexibility index (Phi) is 8.20. The molecule has 2 aromatic rings. The summed E-state index contributed by atoms with van der Waals surface area (Å²) in [5.41, 5.74) is 8.96. The van der Waals surface area contributed by atoms with Crippen LogP contribution in [-0.4, -0.2) is 0 Å². The standard InChI is InChI=1S/C23H25.2ClH.Zr/c1-2-17-15-21-9-6-10-22(23(21)16-17)20-13-11-19(12-14-20)18-7-4-3-5-8-18;;;/h6,9-16,18H,2-5,7-8H2,1H3;2*1H;.